The van der Waals surface area contributed by atoms with Gasteiger partial charge >= 0.3 is 0 Å². The molecule has 0 aliphatic heterocycles. The molecule has 0 atom stereocenters. The first-order valence-corrected chi connectivity index (χ1v) is 8.54. The van der Waals surface area contributed by atoms with Crippen LogP contribution in [0.25, 0.3) is 0 Å². The Morgan fingerprint density at radius 1 is 1.14 bits per heavy atom. The minimum absolute atomic E-state index is 0.125. The number of rotatable bonds is 4. The Kier molecular flexibility index (Phi) is 4.77. The monoisotopic (exact) mass is 389 g/mol. The van der Waals surface area contributed by atoms with Crippen molar-refractivity contribution in [2.24, 2.45) is 0 Å². The standard InChI is InChI=1S/C13H13BrClN3O2S/c1-17-21(19,20)9-3-5-11(16)13(7-9)18-12-6-8(15)2-4-10(12)14/h2-7,17-18H,16H2,1H3. The second kappa shape index (κ2) is 6.23. The lowest BCUT2D eigenvalue weighted by Crippen LogP contribution is -2.18. The van der Waals surface area contributed by atoms with Crippen LogP contribution in [0.3, 0.4) is 0 Å². The van der Waals surface area contributed by atoms with Crippen LogP contribution in [0.4, 0.5) is 17.1 Å². The Balaban J connectivity index is 2.45. The minimum atomic E-state index is -3.53. The highest BCUT2D eigenvalue weighted by Crippen LogP contribution is 2.32. The summed E-state index contributed by atoms with van der Waals surface area (Å²) in [6.07, 6.45) is 0. The molecule has 0 unspecified atom stereocenters. The summed E-state index contributed by atoms with van der Waals surface area (Å²) in [6.45, 7) is 0. The van der Waals surface area contributed by atoms with Gasteiger partial charge in [-0.05, 0) is 59.4 Å². The summed E-state index contributed by atoms with van der Waals surface area (Å²) < 4.78 is 26.7. The average molecular weight is 391 g/mol. The van der Waals surface area contributed by atoms with E-state index in [-0.39, 0.29) is 4.90 Å². The van der Waals surface area contributed by atoms with Gasteiger partial charge in [0.25, 0.3) is 0 Å². The number of halogens is 2. The fourth-order valence-corrected chi connectivity index (χ4v) is 2.94. The van der Waals surface area contributed by atoms with Gasteiger partial charge < -0.3 is 11.1 Å². The summed E-state index contributed by atoms with van der Waals surface area (Å²) in [5.41, 5.74) is 7.48. The zero-order valence-corrected chi connectivity index (χ0v) is 14.2. The Morgan fingerprint density at radius 2 is 1.86 bits per heavy atom. The SMILES string of the molecule is CNS(=O)(=O)c1ccc(N)c(Nc2cc(Cl)ccc2Br)c1. The van der Waals surface area contributed by atoms with Gasteiger partial charge in [-0.15, -0.1) is 0 Å². The summed E-state index contributed by atoms with van der Waals surface area (Å²) >= 11 is 9.34. The van der Waals surface area contributed by atoms with E-state index in [0.29, 0.717) is 22.1 Å². The molecule has 0 saturated carbocycles. The van der Waals surface area contributed by atoms with Crippen molar-refractivity contribution in [1.82, 2.24) is 4.72 Å². The molecule has 0 spiro atoms. The topological polar surface area (TPSA) is 84.2 Å². The summed E-state index contributed by atoms with van der Waals surface area (Å²) in [5.74, 6) is 0. The largest absolute Gasteiger partial charge is 0.397 e. The molecule has 0 aromatic heterocycles. The molecule has 0 amide bonds. The van der Waals surface area contributed by atoms with Crippen molar-refractivity contribution in [2.45, 2.75) is 4.90 Å². The smallest absolute Gasteiger partial charge is 0.240 e. The number of anilines is 3. The van der Waals surface area contributed by atoms with Gasteiger partial charge in [-0.1, -0.05) is 11.6 Å². The molecule has 4 N–H and O–H groups in total. The number of hydrogen-bond donors (Lipinski definition) is 3. The third-order valence-corrected chi connectivity index (χ3v) is 5.14. The molecule has 8 heteroatoms. The maximum Gasteiger partial charge on any atom is 0.240 e. The van der Waals surface area contributed by atoms with E-state index in [2.05, 4.69) is 26.0 Å². The molecule has 112 valence electrons. The number of hydrogen-bond acceptors (Lipinski definition) is 4. The molecule has 0 bridgehead atoms. The molecular weight excluding hydrogens is 378 g/mol. The Morgan fingerprint density at radius 3 is 2.52 bits per heavy atom. The molecule has 21 heavy (non-hydrogen) atoms. The fourth-order valence-electron chi connectivity index (χ4n) is 1.67. The van der Waals surface area contributed by atoms with Crippen molar-refractivity contribution in [1.29, 1.82) is 0 Å². The first-order chi connectivity index (χ1) is 9.83. The van der Waals surface area contributed by atoms with E-state index in [1.165, 1.54) is 25.2 Å². The van der Waals surface area contributed by atoms with Gasteiger partial charge in [0.1, 0.15) is 0 Å². The Labute approximate surface area is 136 Å². The molecular formula is C13H13BrClN3O2S. The predicted octanol–water partition coefficient (Wildman–Crippen LogP) is 3.34. The van der Waals surface area contributed by atoms with E-state index in [1.54, 1.807) is 18.2 Å². The predicted molar refractivity (Wildman–Crippen MR) is 89.5 cm³/mol. The Bertz CT molecular complexity index is 781. The molecule has 0 aliphatic rings. The molecule has 0 fully saturated rings. The maximum absolute atomic E-state index is 11.8. The summed E-state index contributed by atoms with van der Waals surface area (Å²) in [5, 5.41) is 3.62. The maximum atomic E-state index is 11.8. The van der Waals surface area contributed by atoms with Gasteiger partial charge in [0.2, 0.25) is 10.0 Å². The van der Waals surface area contributed by atoms with Crippen molar-refractivity contribution in [3.63, 3.8) is 0 Å². The number of sulfonamides is 1. The van der Waals surface area contributed by atoms with E-state index >= 15 is 0 Å². The molecule has 0 aliphatic carbocycles. The van der Waals surface area contributed by atoms with Crippen molar-refractivity contribution in [3.05, 3.63) is 45.9 Å². The fraction of sp³-hybridized carbons (Fsp3) is 0.0769. The second-order valence-electron chi connectivity index (χ2n) is 4.21. The number of nitrogen functional groups attached to an aromatic ring is 1. The van der Waals surface area contributed by atoms with Gasteiger partial charge in [-0.25, -0.2) is 13.1 Å². The van der Waals surface area contributed by atoms with Crippen LogP contribution < -0.4 is 15.8 Å². The van der Waals surface area contributed by atoms with Gasteiger partial charge in [-0.2, -0.15) is 0 Å². The van der Waals surface area contributed by atoms with Crippen LogP contribution >= 0.6 is 27.5 Å². The van der Waals surface area contributed by atoms with Crippen molar-refractivity contribution in [2.75, 3.05) is 18.1 Å². The summed E-state index contributed by atoms with van der Waals surface area (Å²) in [7, 11) is -2.18. The minimum Gasteiger partial charge on any atom is -0.397 e. The van der Waals surface area contributed by atoms with E-state index < -0.39 is 10.0 Å². The first-order valence-electron chi connectivity index (χ1n) is 5.88. The molecule has 2 rings (SSSR count). The van der Waals surface area contributed by atoms with Crippen LogP contribution in [0, 0.1) is 0 Å². The molecule has 2 aromatic carbocycles. The van der Waals surface area contributed by atoms with Crippen LogP contribution in [0.15, 0.2) is 45.8 Å². The van der Waals surface area contributed by atoms with Gasteiger partial charge in [0.05, 0.1) is 22.0 Å². The summed E-state index contributed by atoms with van der Waals surface area (Å²) in [6, 6.07) is 9.68. The van der Waals surface area contributed by atoms with Crippen molar-refractivity contribution >= 4 is 54.6 Å². The van der Waals surface area contributed by atoms with E-state index in [4.69, 9.17) is 17.3 Å². The average Bonchev–Trinajstić information content (AvgIpc) is 2.45. The lowest BCUT2D eigenvalue weighted by atomic mass is 10.2. The molecule has 2 aromatic rings. The highest BCUT2D eigenvalue weighted by atomic mass is 79.9. The third-order valence-electron chi connectivity index (χ3n) is 2.80. The molecule has 0 radical (unpaired) electrons. The van der Waals surface area contributed by atoms with E-state index in [0.717, 1.165) is 4.47 Å². The van der Waals surface area contributed by atoms with Crippen molar-refractivity contribution in [3.8, 4) is 0 Å². The summed E-state index contributed by atoms with van der Waals surface area (Å²) in [4.78, 5) is 0.125. The lowest BCUT2D eigenvalue weighted by molar-refractivity contribution is 0.588. The van der Waals surface area contributed by atoms with Crippen LogP contribution in [-0.4, -0.2) is 15.5 Å². The highest BCUT2D eigenvalue weighted by Gasteiger charge is 2.14. The molecule has 0 heterocycles. The second-order valence-corrected chi connectivity index (χ2v) is 7.38. The third kappa shape index (κ3) is 3.68. The normalized spacial score (nSPS) is 11.4. The zero-order chi connectivity index (χ0) is 15.6. The van der Waals surface area contributed by atoms with Gasteiger partial charge in [0.15, 0.2) is 0 Å². The Hall–Kier alpha value is -1.28. The lowest BCUT2D eigenvalue weighted by Gasteiger charge is -2.13. The van der Waals surface area contributed by atoms with Crippen LogP contribution in [-0.2, 0) is 10.0 Å². The number of nitrogens with one attached hydrogen (secondary N) is 2. The van der Waals surface area contributed by atoms with Gasteiger partial charge in [0, 0.05) is 9.50 Å². The number of benzene rings is 2. The number of nitrogens with two attached hydrogens (primary N) is 1. The molecule has 5 nitrogen and oxygen atoms in total. The van der Waals surface area contributed by atoms with E-state index in [1.807, 2.05) is 0 Å². The van der Waals surface area contributed by atoms with Gasteiger partial charge in [-0.3, -0.25) is 0 Å². The quantitative estimate of drug-likeness (QED) is 0.699. The highest BCUT2D eigenvalue weighted by molar-refractivity contribution is 9.10. The van der Waals surface area contributed by atoms with Crippen LogP contribution in [0.1, 0.15) is 0 Å². The van der Waals surface area contributed by atoms with Crippen LogP contribution in [0.5, 0.6) is 0 Å². The van der Waals surface area contributed by atoms with E-state index in [9.17, 15) is 8.42 Å². The first kappa shape index (κ1) is 16.1. The van der Waals surface area contributed by atoms with Crippen LogP contribution in [0.2, 0.25) is 5.02 Å². The molecule has 0 saturated heterocycles. The zero-order valence-electron chi connectivity index (χ0n) is 11.0. The van der Waals surface area contributed by atoms with Crippen molar-refractivity contribution < 1.29 is 8.42 Å².